The van der Waals surface area contributed by atoms with Crippen LogP contribution in [0.15, 0.2) is 18.3 Å². The molecule has 1 aliphatic heterocycles. The van der Waals surface area contributed by atoms with E-state index in [-0.39, 0.29) is 5.92 Å². The zero-order valence-corrected chi connectivity index (χ0v) is 11.1. The molecule has 0 spiro atoms. The van der Waals surface area contributed by atoms with E-state index in [1.165, 1.54) is 0 Å². The monoisotopic (exact) mass is 254 g/mol. The van der Waals surface area contributed by atoms with Gasteiger partial charge in [-0.2, -0.15) is 0 Å². The lowest BCUT2D eigenvalue weighted by Crippen LogP contribution is -2.46. The van der Waals surface area contributed by atoms with Crippen LogP contribution in [0.5, 0.6) is 0 Å². The van der Waals surface area contributed by atoms with Crippen molar-refractivity contribution in [2.45, 2.75) is 31.3 Å². The Morgan fingerprint density at radius 2 is 2.06 bits per heavy atom. The standard InChI is InChI=1S/C13H19ClN2O/c1-10(12-4-3-11(14)9-15-12)13(17)5-7-16(2)8-6-13/h3-4,9-10,17H,5-8H2,1-2H3. The number of likely N-dealkylation sites (tertiary alicyclic amines) is 1. The predicted octanol–water partition coefficient (Wildman–Crippen LogP) is 2.30. The zero-order valence-electron chi connectivity index (χ0n) is 10.4. The van der Waals surface area contributed by atoms with E-state index < -0.39 is 5.60 Å². The number of aliphatic hydroxyl groups is 1. The largest absolute Gasteiger partial charge is 0.389 e. The van der Waals surface area contributed by atoms with Gasteiger partial charge in [0.2, 0.25) is 0 Å². The maximum Gasteiger partial charge on any atom is 0.0752 e. The van der Waals surface area contributed by atoms with Gasteiger partial charge in [-0.1, -0.05) is 18.5 Å². The minimum absolute atomic E-state index is 0.0495. The van der Waals surface area contributed by atoms with Crippen LogP contribution in [-0.2, 0) is 0 Å². The third-order valence-electron chi connectivity index (χ3n) is 3.85. The Morgan fingerprint density at radius 3 is 2.59 bits per heavy atom. The molecule has 1 aromatic heterocycles. The summed E-state index contributed by atoms with van der Waals surface area (Å²) in [5, 5.41) is 11.3. The van der Waals surface area contributed by atoms with E-state index in [1.54, 1.807) is 6.20 Å². The fraction of sp³-hybridized carbons (Fsp3) is 0.615. The first kappa shape index (κ1) is 12.8. The molecule has 0 aromatic carbocycles. The van der Waals surface area contributed by atoms with Gasteiger partial charge in [-0.3, -0.25) is 4.98 Å². The molecule has 4 heteroatoms. The van der Waals surface area contributed by atoms with E-state index in [2.05, 4.69) is 16.9 Å². The minimum atomic E-state index is -0.632. The molecule has 0 radical (unpaired) electrons. The van der Waals surface area contributed by atoms with Crippen molar-refractivity contribution in [2.24, 2.45) is 0 Å². The highest BCUT2D eigenvalue weighted by Crippen LogP contribution is 2.35. The highest BCUT2D eigenvalue weighted by atomic mass is 35.5. The topological polar surface area (TPSA) is 36.4 Å². The Labute approximate surface area is 107 Å². The second-order valence-corrected chi connectivity index (χ2v) is 5.47. The van der Waals surface area contributed by atoms with Crippen molar-refractivity contribution in [3.8, 4) is 0 Å². The van der Waals surface area contributed by atoms with Crippen LogP contribution in [0.25, 0.3) is 0 Å². The van der Waals surface area contributed by atoms with Gasteiger partial charge in [0.15, 0.2) is 0 Å². The van der Waals surface area contributed by atoms with Crippen LogP contribution in [0.3, 0.4) is 0 Å². The molecule has 1 saturated heterocycles. The number of rotatable bonds is 2. The lowest BCUT2D eigenvalue weighted by molar-refractivity contribution is -0.0349. The molecule has 17 heavy (non-hydrogen) atoms. The van der Waals surface area contributed by atoms with Gasteiger partial charge in [-0.15, -0.1) is 0 Å². The number of halogens is 1. The van der Waals surface area contributed by atoms with Crippen LogP contribution in [0.2, 0.25) is 5.02 Å². The van der Waals surface area contributed by atoms with Gasteiger partial charge < -0.3 is 10.0 Å². The van der Waals surface area contributed by atoms with Crippen LogP contribution in [0, 0.1) is 0 Å². The molecule has 0 amide bonds. The fourth-order valence-electron chi connectivity index (χ4n) is 2.36. The summed E-state index contributed by atoms with van der Waals surface area (Å²) >= 11 is 5.82. The van der Waals surface area contributed by atoms with Crippen molar-refractivity contribution in [1.82, 2.24) is 9.88 Å². The molecule has 1 unspecified atom stereocenters. The van der Waals surface area contributed by atoms with Crippen molar-refractivity contribution < 1.29 is 5.11 Å². The van der Waals surface area contributed by atoms with Crippen LogP contribution < -0.4 is 0 Å². The summed E-state index contributed by atoms with van der Waals surface area (Å²) in [7, 11) is 2.09. The molecule has 3 nitrogen and oxygen atoms in total. The van der Waals surface area contributed by atoms with Gasteiger partial charge in [-0.25, -0.2) is 0 Å². The summed E-state index contributed by atoms with van der Waals surface area (Å²) in [4.78, 5) is 6.56. The lowest BCUT2D eigenvalue weighted by Gasteiger charge is -2.40. The molecule has 1 aliphatic rings. The Balaban J connectivity index is 2.13. The van der Waals surface area contributed by atoms with E-state index in [0.29, 0.717) is 5.02 Å². The molecular weight excluding hydrogens is 236 g/mol. The van der Waals surface area contributed by atoms with Crippen molar-refractivity contribution in [3.05, 3.63) is 29.0 Å². The highest BCUT2D eigenvalue weighted by molar-refractivity contribution is 6.30. The van der Waals surface area contributed by atoms with Gasteiger partial charge in [0.25, 0.3) is 0 Å². The van der Waals surface area contributed by atoms with Crippen molar-refractivity contribution in [3.63, 3.8) is 0 Å². The first-order valence-corrected chi connectivity index (χ1v) is 6.41. The summed E-state index contributed by atoms with van der Waals surface area (Å²) in [6.07, 6.45) is 3.25. The molecule has 1 aromatic rings. The van der Waals surface area contributed by atoms with Crippen molar-refractivity contribution >= 4 is 11.6 Å². The van der Waals surface area contributed by atoms with Gasteiger partial charge in [0.05, 0.1) is 10.6 Å². The molecule has 0 bridgehead atoms. The van der Waals surface area contributed by atoms with Gasteiger partial charge in [0.1, 0.15) is 0 Å². The van der Waals surface area contributed by atoms with Crippen molar-refractivity contribution in [2.75, 3.05) is 20.1 Å². The number of hydrogen-bond donors (Lipinski definition) is 1. The van der Waals surface area contributed by atoms with E-state index in [9.17, 15) is 5.11 Å². The second kappa shape index (κ2) is 4.92. The highest BCUT2D eigenvalue weighted by Gasteiger charge is 2.37. The van der Waals surface area contributed by atoms with Crippen LogP contribution in [0.1, 0.15) is 31.4 Å². The van der Waals surface area contributed by atoms with Gasteiger partial charge >= 0.3 is 0 Å². The van der Waals surface area contributed by atoms with Gasteiger partial charge in [0, 0.05) is 30.9 Å². The molecule has 94 valence electrons. The molecule has 1 N–H and O–H groups in total. The number of hydrogen-bond acceptors (Lipinski definition) is 3. The Hall–Kier alpha value is -0.640. The van der Waals surface area contributed by atoms with E-state index in [0.717, 1.165) is 31.6 Å². The molecular formula is C13H19ClN2O. The zero-order chi connectivity index (χ0) is 12.5. The average Bonchev–Trinajstić information content (AvgIpc) is 2.33. The summed E-state index contributed by atoms with van der Waals surface area (Å²) in [6, 6.07) is 3.74. The van der Waals surface area contributed by atoms with Crippen LogP contribution in [-0.4, -0.2) is 40.7 Å². The third kappa shape index (κ3) is 2.79. The fourth-order valence-corrected chi connectivity index (χ4v) is 2.47. The smallest absolute Gasteiger partial charge is 0.0752 e. The number of aromatic nitrogens is 1. The average molecular weight is 255 g/mol. The Morgan fingerprint density at radius 1 is 1.41 bits per heavy atom. The normalized spacial score (nSPS) is 22.4. The van der Waals surface area contributed by atoms with Gasteiger partial charge in [-0.05, 0) is 32.0 Å². The molecule has 0 aliphatic carbocycles. The Bertz CT molecular complexity index is 372. The first-order valence-electron chi connectivity index (χ1n) is 6.04. The van der Waals surface area contributed by atoms with E-state index >= 15 is 0 Å². The summed E-state index contributed by atoms with van der Waals surface area (Å²) < 4.78 is 0. The number of piperidine rings is 1. The molecule has 1 fully saturated rings. The minimum Gasteiger partial charge on any atom is -0.389 e. The van der Waals surface area contributed by atoms with E-state index in [4.69, 9.17) is 11.6 Å². The first-order chi connectivity index (χ1) is 8.01. The maximum absolute atomic E-state index is 10.7. The summed E-state index contributed by atoms with van der Waals surface area (Å²) in [6.45, 7) is 3.92. The summed E-state index contributed by atoms with van der Waals surface area (Å²) in [5.74, 6) is 0.0495. The van der Waals surface area contributed by atoms with Crippen LogP contribution in [0.4, 0.5) is 0 Å². The Kier molecular flexibility index (Phi) is 3.71. The molecule has 2 heterocycles. The quantitative estimate of drug-likeness (QED) is 0.880. The number of nitrogens with zero attached hydrogens (tertiary/aromatic N) is 2. The summed E-state index contributed by atoms with van der Waals surface area (Å²) in [5.41, 5.74) is 0.286. The van der Waals surface area contributed by atoms with Crippen molar-refractivity contribution in [1.29, 1.82) is 0 Å². The third-order valence-corrected chi connectivity index (χ3v) is 4.08. The molecule has 0 saturated carbocycles. The van der Waals surface area contributed by atoms with Crippen LogP contribution >= 0.6 is 11.6 Å². The van der Waals surface area contributed by atoms with E-state index in [1.807, 2.05) is 19.1 Å². The SMILES string of the molecule is CC(c1ccc(Cl)cn1)C1(O)CCN(C)CC1. The number of pyridine rings is 1. The predicted molar refractivity (Wildman–Crippen MR) is 69.3 cm³/mol. The molecule has 2 rings (SSSR count). The second-order valence-electron chi connectivity index (χ2n) is 5.03. The maximum atomic E-state index is 10.7. The molecule has 1 atom stereocenters. The lowest BCUT2D eigenvalue weighted by atomic mass is 9.79.